The van der Waals surface area contributed by atoms with Gasteiger partial charge in [0.05, 0.1) is 11.7 Å². The van der Waals surface area contributed by atoms with Gasteiger partial charge in [0.15, 0.2) is 5.78 Å². The number of carbonyl (C=O) groups is 1. The third kappa shape index (κ3) is 7.29. The molecule has 0 bridgehead atoms. The van der Waals surface area contributed by atoms with Crippen LogP contribution in [0, 0.1) is 0 Å². The molecular formula is C17H26O4S. The predicted molar refractivity (Wildman–Crippen MR) is 90.8 cm³/mol. The van der Waals surface area contributed by atoms with Gasteiger partial charge >= 0.3 is 0 Å². The summed E-state index contributed by atoms with van der Waals surface area (Å²) in [6, 6.07) is 6.77. The molecule has 22 heavy (non-hydrogen) atoms. The molecule has 0 aromatic heterocycles. The van der Waals surface area contributed by atoms with Crippen LogP contribution in [-0.4, -0.2) is 46.8 Å². The van der Waals surface area contributed by atoms with Gasteiger partial charge < -0.3 is 14.9 Å². The van der Waals surface area contributed by atoms with Gasteiger partial charge in [-0.05, 0) is 24.3 Å². The van der Waals surface area contributed by atoms with Crippen molar-refractivity contribution in [2.45, 2.75) is 38.7 Å². The van der Waals surface area contributed by atoms with Gasteiger partial charge in [-0.2, -0.15) is 11.8 Å². The van der Waals surface area contributed by atoms with Crippen molar-refractivity contribution in [3.8, 4) is 5.75 Å². The molecule has 124 valence electrons. The van der Waals surface area contributed by atoms with Crippen LogP contribution in [0.5, 0.6) is 5.75 Å². The smallest absolute Gasteiger partial charge is 0.191 e. The Hall–Kier alpha value is -1.04. The molecule has 0 spiro atoms. The Bertz CT molecular complexity index is 436. The van der Waals surface area contributed by atoms with E-state index in [1.165, 1.54) is 25.7 Å². The molecule has 0 amide bonds. The quantitative estimate of drug-likeness (QED) is 0.457. The lowest BCUT2D eigenvalue weighted by Gasteiger charge is -2.14. The largest absolute Gasteiger partial charge is 0.490 e. The van der Waals surface area contributed by atoms with E-state index in [9.17, 15) is 9.90 Å². The lowest BCUT2D eigenvalue weighted by Crippen LogP contribution is -2.21. The minimum Gasteiger partial charge on any atom is -0.490 e. The Morgan fingerprint density at radius 2 is 2.05 bits per heavy atom. The number of carbonyl (C=O) groups excluding carboxylic acids is 1. The van der Waals surface area contributed by atoms with Crippen LogP contribution < -0.4 is 4.74 Å². The normalized spacial score (nSPS) is 12.1. The molecule has 0 aliphatic rings. The van der Waals surface area contributed by atoms with Crippen LogP contribution in [-0.2, 0) is 0 Å². The molecule has 0 heterocycles. The van der Waals surface area contributed by atoms with Crippen LogP contribution >= 0.6 is 11.8 Å². The standard InChI is InChI=1S/C17H26O4S/c1-2-3-4-7-10-22-13-14(19)12-21-17-9-6-5-8-15(17)16(20)11-18/h5-6,8-9,14,18-19H,2-4,7,10-13H2,1H3. The van der Waals surface area contributed by atoms with Crippen LogP contribution in [0.3, 0.4) is 0 Å². The number of aliphatic hydroxyl groups excluding tert-OH is 2. The molecule has 1 unspecified atom stereocenters. The summed E-state index contributed by atoms with van der Waals surface area (Å²) in [5.74, 6) is 1.71. The average molecular weight is 326 g/mol. The van der Waals surface area contributed by atoms with Crippen molar-refractivity contribution in [3.05, 3.63) is 29.8 Å². The average Bonchev–Trinajstić information content (AvgIpc) is 2.55. The van der Waals surface area contributed by atoms with Crippen molar-refractivity contribution in [2.75, 3.05) is 24.7 Å². The van der Waals surface area contributed by atoms with Crippen molar-refractivity contribution >= 4 is 17.5 Å². The van der Waals surface area contributed by atoms with Crippen LogP contribution in [0.2, 0.25) is 0 Å². The first kappa shape index (κ1) is 19.0. The maximum Gasteiger partial charge on any atom is 0.191 e. The van der Waals surface area contributed by atoms with Crippen LogP contribution in [0.15, 0.2) is 24.3 Å². The summed E-state index contributed by atoms with van der Waals surface area (Å²) in [7, 11) is 0. The fraction of sp³-hybridized carbons (Fsp3) is 0.588. The van der Waals surface area contributed by atoms with E-state index in [0.717, 1.165) is 5.75 Å². The number of Topliss-reactive ketones (excluding diaryl/α,β-unsaturated/α-hetero) is 1. The first-order chi connectivity index (χ1) is 10.7. The highest BCUT2D eigenvalue weighted by atomic mass is 32.2. The van der Waals surface area contributed by atoms with E-state index in [2.05, 4.69) is 6.92 Å². The van der Waals surface area contributed by atoms with Crippen molar-refractivity contribution in [3.63, 3.8) is 0 Å². The van der Waals surface area contributed by atoms with Gasteiger partial charge in [0.25, 0.3) is 0 Å². The number of thioether (sulfide) groups is 1. The number of aliphatic hydroxyl groups is 2. The molecule has 0 saturated heterocycles. The Morgan fingerprint density at radius 1 is 1.27 bits per heavy atom. The molecule has 5 heteroatoms. The number of ether oxygens (including phenoxy) is 1. The summed E-state index contributed by atoms with van der Waals surface area (Å²) in [6.07, 6.45) is 4.36. The maximum atomic E-state index is 11.6. The van der Waals surface area contributed by atoms with Gasteiger partial charge in [0.1, 0.15) is 19.0 Å². The zero-order chi connectivity index (χ0) is 16.2. The minimum absolute atomic E-state index is 0.150. The molecule has 0 saturated carbocycles. The summed E-state index contributed by atoms with van der Waals surface area (Å²) in [6.45, 7) is 1.79. The number of unbranched alkanes of at least 4 members (excludes halogenated alkanes) is 3. The number of ketones is 1. The number of hydrogen-bond acceptors (Lipinski definition) is 5. The Kier molecular flexibility index (Phi) is 9.95. The molecule has 0 aliphatic heterocycles. The van der Waals surface area contributed by atoms with Crippen molar-refractivity contribution in [1.82, 2.24) is 0 Å². The van der Waals surface area contributed by atoms with E-state index in [0.29, 0.717) is 17.1 Å². The van der Waals surface area contributed by atoms with Gasteiger partial charge in [-0.25, -0.2) is 0 Å². The molecule has 0 radical (unpaired) electrons. The highest BCUT2D eigenvalue weighted by Crippen LogP contribution is 2.19. The second-order valence-corrected chi connectivity index (χ2v) is 6.33. The van der Waals surface area contributed by atoms with Crippen molar-refractivity contribution in [2.24, 2.45) is 0 Å². The summed E-state index contributed by atoms with van der Waals surface area (Å²) >= 11 is 1.72. The van der Waals surface area contributed by atoms with Gasteiger partial charge in [0, 0.05) is 5.75 Å². The SMILES string of the molecule is CCCCCCSCC(O)COc1ccccc1C(=O)CO. The molecule has 1 atom stereocenters. The third-order valence-electron chi connectivity index (χ3n) is 3.21. The van der Waals surface area contributed by atoms with Crippen molar-refractivity contribution < 1.29 is 19.7 Å². The number of hydrogen-bond donors (Lipinski definition) is 2. The molecule has 1 rings (SSSR count). The topological polar surface area (TPSA) is 66.8 Å². The number of para-hydroxylation sites is 1. The van der Waals surface area contributed by atoms with Gasteiger partial charge in [-0.15, -0.1) is 0 Å². The number of rotatable bonds is 12. The Labute approximate surface area is 136 Å². The fourth-order valence-corrected chi connectivity index (χ4v) is 2.94. The van der Waals surface area contributed by atoms with E-state index in [1.807, 2.05) is 0 Å². The van der Waals surface area contributed by atoms with Gasteiger partial charge in [0.2, 0.25) is 0 Å². The monoisotopic (exact) mass is 326 g/mol. The number of benzene rings is 1. The molecule has 0 fully saturated rings. The van der Waals surface area contributed by atoms with Crippen LogP contribution in [0.25, 0.3) is 0 Å². The first-order valence-corrected chi connectivity index (χ1v) is 8.96. The molecular weight excluding hydrogens is 300 g/mol. The highest BCUT2D eigenvalue weighted by molar-refractivity contribution is 7.99. The predicted octanol–water partition coefficient (Wildman–Crippen LogP) is 2.91. The zero-order valence-corrected chi connectivity index (χ0v) is 14.0. The van der Waals surface area contributed by atoms with E-state index < -0.39 is 12.7 Å². The lowest BCUT2D eigenvalue weighted by atomic mass is 10.1. The van der Waals surface area contributed by atoms with Gasteiger partial charge in [-0.3, -0.25) is 4.79 Å². The molecule has 1 aromatic carbocycles. The summed E-state index contributed by atoms with van der Waals surface area (Å²) in [5, 5.41) is 18.9. The van der Waals surface area contributed by atoms with Gasteiger partial charge in [-0.1, -0.05) is 38.3 Å². The van der Waals surface area contributed by atoms with Crippen LogP contribution in [0.1, 0.15) is 43.0 Å². The molecule has 0 aliphatic carbocycles. The molecule has 4 nitrogen and oxygen atoms in total. The maximum absolute atomic E-state index is 11.6. The second kappa shape index (κ2) is 11.5. The molecule has 2 N–H and O–H groups in total. The Balaban J connectivity index is 2.29. The van der Waals surface area contributed by atoms with Crippen molar-refractivity contribution in [1.29, 1.82) is 0 Å². The van der Waals surface area contributed by atoms with E-state index >= 15 is 0 Å². The summed E-state index contributed by atoms with van der Waals surface area (Å²) in [5.41, 5.74) is 0.351. The van der Waals surface area contributed by atoms with Crippen LogP contribution in [0.4, 0.5) is 0 Å². The highest BCUT2D eigenvalue weighted by Gasteiger charge is 2.12. The summed E-state index contributed by atoms with van der Waals surface area (Å²) < 4.78 is 5.52. The first-order valence-electron chi connectivity index (χ1n) is 7.80. The van der Waals surface area contributed by atoms with E-state index in [4.69, 9.17) is 9.84 Å². The Morgan fingerprint density at radius 3 is 2.77 bits per heavy atom. The van der Waals surface area contributed by atoms with E-state index in [-0.39, 0.29) is 12.4 Å². The summed E-state index contributed by atoms with van der Waals surface area (Å²) in [4.78, 5) is 11.6. The lowest BCUT2D eigenvalue weighted by molar-refractivity contribution is 0.0891. The third-order valence-corrected chi connectivity index (χ3v) is 4.41. The van der Waals surface area contributed by atoms with E-state index in [1.54, 1.807) is 36.0 Å². The fourth-order valence-electron chi connectivity index (χ4n) is 1.99. The molecule has 1 aromatic rings. The minimum atomic E-state index is -0.562. The zero-order valence-electron chi connectivity index (χ0n) is 13.2. The second-order valence-electron chi connectivity index (χ2n) is 5.18.